The lowest BCUT2D eigenvalue weighted by Crippen LogP contribution is -2.55. The highest BCUT2D eigenvalue weighted by molar-refractivity contribution is 5.90. The molecular formula is C45H76N4O8. The third-order valence-corrected chi connectivity index (χ3v) is 12.2. The summed E-state index contributed by atoms with van der Waals surface area (Å²) in [6.07, 6.45) is 3.37. The van der Waals surface area contributed by atoms with Gasteiger partial charge in [0, 0.05) is 46.6 Å². The fraction of sp³-hybridized carbons (Fsp3) is 0.756. The Morgan fingerprint density at radius 3 is 2.07 bits per heavy atom. The minimum atomic E-state index is -0.886. The number of hydrogen-bond acceptors (Lipinski definition) is 9. The van der Waals surface area contributed by atoms with Gasteiger partial charge in [-0.25, -0.2) is 4.79 Å². The van der Waals surface area contributed by atoms with Crippen LogP contribution in [0.25, 0.3) is 0 Å². The van der Waals surface area contributed by atoms with E-state index in [-0.39, 0.29) is 72.6 Å². The summed E-state index contributed by atoms with van der Waals surface area (Å²) in [6.45, 7) is 17.4. The Balaban J connectivity index is 2.29. The summed E-state index contributed by atoms with van der Waals surface area (Å²) in [5.41, 5.74) is 0.881. The largest absolute Gasteiger partial charge is 0.467 e. The molecule has 1 heterocycles. The summed E-state index contributed by atoms with van der Waals surface area (Å²) in [6, 6.07) is 7.44. The first-order chi connectivity index (χ1) is 27.0. The Morgan fingerprint density at radius 1 is 0.895 bits per heavy atom. The SMILES string of the molecule is CCCCN(C)[C@H](C(=O)C[C@H](C(=O)N(C)[C@@H]([C@@H](C)CC)[C@@H](CC(=O)N1CCC[C@H]1[C@H](OC)[C@@H](C)C(=O)N[C@@H](Cc1ccccc1)C(=O)OC)OC)C(C)C)C(C)C. The van der Waals surface area contributed by atoms with Crippen LogP contribution in [-0.4, -0.2) is 129 Å². The predicted molar refractivity (Wildman–Crippen MR) is 224 cm³/mol. The number of benzene rings is 1. The molecule has 0 unspecified atom stereocenters. The van der Waals surface area contributed by atoms with Gasteiger partial charge in [-0.1, -0.05) is 98.6 Å². The molecule has 12 nitrogen and oxygen atoms in total. The van der Waals surface area contributed by atoms with Crippen molar-refractivity contribution in [2.24, 2.45) is 29.6 Å². The Bertz CT molecular complexity index is 1410. The van der Waals surface area contributed by atoms with Gasteiger partial charge in [0.2, 0.25) is 17.7 Å². The van der Waals surface area contributed by atoms with E-state index in [2.05, 4.69) is 44.8 Å². The van der Waals surface area contributed by atoms with Crippen molar-refractivity contribution in [3.05, 3.63) is 35.9 Å². The van der Waals surface area contributed by atoms with E-state index in [9.17, 15) is 24.0 Å². The minimum Gasteiger partial charge on any atom is -0.467 e. The standard InChI is InChI=1S/C45H76N4O8/c1-14-16-24-47(9)40(30(5)6)37(50)27-34(29(3)4)44(53)48(10)41(31(7)15-2)38(55-11)28-39(51)49-25-20-23-36(49)42(56-12)32(8)43(52)46-35(45(54)57-13)26-33-21-18-17-19-22-33/h17-19,21-22,29-32,34-36,38,40-42H,14-16,20,23-28H2,1-13H3,(H,46,52)/t31-,32+,34-,35-,36-,38+,40-,41-,42+/m0/s1. The number of amides is 3. The third-order valence-electron chi connectivity index (χ3n) is 12.2. The molecule has 0 radical (unpaired) electrons. The van der Waals surface area contributed by atoms with Gasteiger partial charge in [0.05, 0.1) is 49.8 Å². The quantitative estimate of drug-likeness (QED) is 0.122. The number of esters is 1. The molecule has 1 aromatic carbocycles. The normalized spacial score (nSPS) is 18.7. The summed E-state index contributed by atoms with van der Waals surface area (Å²) in [7, 11) is 8.19. The van der Waals surface area contributed by atoms with Gasteiger partial charge in [-0.15, -0.1) is 0 Å². The first-order valence-electron chi connectivity index (χ1n) is 21.3. The Kier molecular flexibility index (Phi) is 21.4. The second-order valence-corrected chi connectivity index (χ2v) is 16.9. The lowest BCUT2D eigenvalue weighted by atomic mass is 9.83. The van der Waals surface area contributed by atoms with Gasteiger partial charge in [-0.2, -0.15) is 0 Å². The Hall–Kier alpha value is -3.35. The molecule has 3 amide bonds. The number of Topliss-reactive ketones (excluding diaryl/α,β-unsaturated/α-hetero) is 1. The van der Waals surface area contributed by atoms with Crippen LogP contribution in [0.3, 0.4) is 0 Å². The fourth-order valence-electron chi connectivity index (χ4n) is 8.68. The topological polar surface area (TPSA) is 135 Å². The van der Waals surface area contributed by atoms with Crippen LogP contribution in [0.5, 0.6) is 0 Å². The number of methoxy groups -OCH3 is 3. The molecule has 0 bridgehead atoms. The maximum Gasteiger partial charge on any atom is 0.328 e. The van der Waals surface area contributed by atoms with Crippen LogP contribution in [0.15, 0.2) is 30.3 Å². The average Bonchev–Trinajstić information content (AvgIpc) is 3.67. The van der Waals surface area contributed by atoms with Crippen LogP contribution in [-0.2, 0) is 44.6 Å². The smallest absolute Gasteiger partial charge is 0.328 e. The zero-order valence-electron chi connectivity index (χ0n) is 37.4. The number of unbranched alkanes of at least 4 members (excludes halogenated alkanes) is 1. The van der Waals surface area contributed by atoms with Gasteiger partial charge in [-0.3, -0.25) is 24.1 Å². The molecule has 0 aromatic heterocycles. The van der Waals surface area contributed by atoms with E-state index in [0.29, 0.717) is 13.0 Å². The van der Waals surface area contributed by atoms with Crippen LogP contribution in [0.1, 0.15) is 106 Å². The molecule has 0 spiro atoms. The molecule has 1 N–H and O–H groups in total. The van der Waals surface area contributed by atoms with Gasteiger partial charge in [-0.05, 0) is 56.2 Å². The van der Waals surface area contributed by atoms with Gasteiger partial charge in [0.25, 0.3) is 0 Å². The summed E-state index contributed by atoms with van der Waals surface area (Å²) in [5.74, 6) is -2.28. The monoisotopic (exact) mass is 801 g/mol. The van der Waals surface area contributed by atoms with Crippen molar-refractivity contribution < 1.29 is 38.2 Å². The summed E-state index contributed by atoms with van der Waals surface area (Å²) in [4.78, 5) is 74.7. The lowest BCUT2D eigenvalue weighted by molar-refractivity contribution is -0.150. The highest BCUT2D eigenvalue weighted by Crippen LogP contribution is 2.31. The van der Waals surface area contributed by atoms with E-state index in [4.69, 9.17) is 14.2 Å². The molecule has 1 aromatic rings. The number of likely N-dealkylation sites (tertiary alicyclic amines) is 1. The van der Waals surface area contributed by atoms with Crippen molar-refractivity contribution in [3.8, 4) is 0 Å². The molecule has 1 fully saturated rings. The molecule has 12 heteroatoms. The minimum absolute atomic E-state index is 0.00716. The van der Waals surface area contributed by atoms with E-state index in [0.717, 1.165) is 37.8 Å². The van der Waals surface area contributed by atoms with Crippen LogP contribution in [0, 0.1) is 29.6 Å². The number of carbonyl (C=O) groups excluding carboxylic acids is 5. The first kappa shape index (κ1) is 49.8. The van der Waals surface area contributed by atoms with Crippen molar-refractivity contribution in [3.63, 3.8) is 0 Å². The van der Waals surface area contributed by atoms with E-state index < -0.39 is 42.1 Å². The molecular weight excluding hydrogens is 725 g/mol. The zero-order valence-corrected chi connectivity index (χ0v) is 37.4. The second kappa shape index (κ2) is 24.5. The van der Waals surface area contributed by atoms with Gasteiger partial charge >= 0.3 is 5.97 Å². The van der Waals surface area contributed by atoms with Crippen molar-refractivity contribution in [2.75, 3.05) is 48.5 Å². The van der Waals surface area contributed by atoms with E-state index in [1.807, 2.05) is 51.2 Å². The lowest BCUT2D eigenvalue weighted by Gasteiger charge is -2.41. The van der Waals surface area contributed by atoms with Gasteiger partial charge in [0.1, 0.15) is 6.04 Å². The van der Waals surface area contributed by atoms with Crippen molar-refractivity contribution in [2.45, 2.75) is 143 Å². The van der Waals surface area contributed by atoms with Crippen molar-refractivity contribution >= 4 is 29.5 Å². The highest BCUT2D eigenvalue weighted by Gasteiger charge is 2.43. The number of hydrogen-bond donors (Lipinski definition) is 1. The summed E-state index contributed by atoms with van der Waals surface area (Å²) in [5, 5.41) is 2.87. The van der Waals surface area contributed by atoms with Crippen LogP contribution >= 0.6 is 0 Å². The molecule has 324 valence electrons. The number of carbonyl (C=O) groups is 5. The van der Waals surface area contributed by atoms with E-state index >= 15 is 0 Å². The number of nitrogens with one attached hydrogen (secondary N) is 1. The third kappa shape index (κ3) is 13.9. The Labute approximate surface area is 344 Å². The zero-order chi connectivity index (χ0) is 43.0. The first-order valence-corrected chi connectivity index (χ1v) is 21.3. The van der Waals surface area contributed by atoms with Gasteiger partial charge < -0.3 is 29.3 Å². The van der Waals surface area contributed by atoms with Crippen molar-refractivity contribution in [1.82, 2.24) is 20.0 Å². The summed E-state index contributed by atoms with van der Waals surface area (Å²) < 4.78 is 17.0. The van der Waals surface area contributed by atoms with E-state index in [1.54, 1.807) is 30.9 Å². The number of ether oxygens (including phenoxy) is 3. The molecule has 2 rings (SSSR count). The van der Waals surface area contributed by atoms with E-state index in [1.165, 1.54) is 14.2 Å². The average molecular weight is 801 g/mol. The highest BCUT2D eigenvalue weighted by atomic mass is 16.5. The number of rotatable bonds is 25. The number of likely N-dealkylation sites (N-methyl/N-ethyl adjacent to an activating group) is 2. The fourth-order valence-corrected chi connectivity index (χ4v) is 8.68. The predicted octanol–water partition coefficient (Wildman–Crippen LogP) is 5.80. The molecule has 0 saturated carbocycles. The number of ketones is 1. The molecule has 57 heavy (non-hydrogen) atoms. The summed E-state index contributed by atoms with van der Waals surface area (Å²) >= 11 is 0. The molecule has 1 aliphatic heterocycles. The van der Waals surface area contributed by atoms with Crippen LogP contribution in [0.4, 0.5) is 0 Å². The molecule has 1 aliphatic rings. The van der Waals surface area contributed by atoms with Crippen molar-refractivity contribution in [1.29, 1.82) is 0 Å². The molecule has 1 saturated heterocycles. The maximum atomic E-state index is 14.5. The van der Waals surface area contributed by atoms with Gasteiger partial charge in [0.15, 0.2) is 5.78 Å². The Morgan fingerprint density at radius 2 is 1.54 bits per heavy atom. The van der Waals surface area contributed by atoms with Crippen LogP contribution in [0.2, 0.25) is 0 Å². The molecule has 0 aliphatic carbocycles. The second-order valence-electron chi connectivity index (χ2n) is 16.9. The molecule has 9 atom stereocenters. The number of nitrogens with zero attached hydrogens (tertiary/aromatic N) is 3. The van der Waals surface area contributed by atoms with Crippen LogP contribution < -0.4 is 5.32 Å². The maximum absolute atomic E-state index is 14.5.